The largest absolute Gasteiger partial charge is 0.468 e. The molecule has 0 aliphatic rings. The van der Waals surface area contributed by atoms with Crippen LogP contribution in [0.15, 0.2) is 48.5 Å². The number of rotatable bonds is 7. The summed E-state index contributed by atoms with van der Waals surface area (Å²) in [5.74, 6) is -4.96. The maximum atomic E-state index is 13.5. The van der Waals surface area contributed by atoms with Gasteiger partial charge in [-0.2, -0.15) is 0 Å². The first-order chi connectivity index (χ1) is 13.0. The summed E-state index contributed by atoms with van der Waals surface area (Å²) in [6.45, 7) is 0.0632. The lowest BCUT2D eigenvalue weighted by atomic mass is 9.93. The molecule has 0 spiro atoms. The summed E-state index contributed by atoms with van der Waals surface area (Å²) in [6.07, 6.45) is 0. The lowest BCUT2D eigenvalue weighted by Gasteiger charge is -2.17. The van der Waals surface area contributed by atoms with Crippen molar-refractivity contribution in [1.82, 2.24) is 5.48 Å². The predicted octanol–water partition coefficient (Wildman–Crippen LogP) is 2.12. The van der Waals surface area contributed by atoms with Gasteiger partial charge in [0.1, 0.15) is 5.82 Å². The number of amides is 1. The molecule has 2 rings (SSSR count). The number of nitrogens with one attached hydrogen (secondary N) is 1. The number of methoxy groups -OCH3 is 2. The third-order valence-electron chi connectivity index (χ3n) is 3.69. The van der Waals surface area contributed by atoms with E-state index in [9.17, 15) is 18.8 Å². The SMILES string of the molecule is COC(=O)c1cc(F)ccc1C(C(=O)NOCc1ccccc1)C(=O)OC. The minimum atomic E-state index is -1.54. The third kappa shape index (κ3) is 5.11. The van der Waals surface area contributed by atoms with E-state index in [1.807, 2.05) is 6.07 Å². The van der Waals surface area contributed by atoms with Gasteiger partial charge in [0, 0.05) is 0 Å². The van der Waals surface area contributed by atoms with Gasteiger partial charge in [-0.25, -0.2) is 14.7 Å². The van der Waals surface area contributed by atoms with Crippen LogP contribution in [0.5, 0.6) is 0 Å². The molecule has 0 fully saturated rings. The molecule has 7 nitrogen and oxygen atoms in total. The molecular formula is C19H18FNO6. The summed E-state index contributed by atoms with van der Waals surface area (Å²) >= 11 is 0. The van der Waals surface area contributed by atoms with Crippen LogP contribution in [-0.2, 0) is 30.5 Å². The minimum Gasteiger partial charge on any atom is -0.468 e. The summed E-state index contributed by atoms with van der Waals surface area (Å²) in [6, 6.07) is 12.1. The van der Waals surface area contributed by atoms with Crippen LogP contribution in [0.25, 0.3) is 0 Å². The maximum absolute atomic E-state index is 13.5. The van der Waals surface area contributed by atoms with Crippen molar-refractivity contribution in [1.29, 1.82) is 0 Å². The number of hydrogen-bond donors (Lipinski definition) is 1. The van der Waals surface area contributed by atoms with Gasteiger partial charge in [0.2, 0.25) is 0 Å². The Morgan fingerprint density at radius 1 is 1.04 bits per heavy atom. The van der Waals surface area contributed by atoms with Gasteiger partial charge in [0.05, 0.1) is 26.4 Å². The molecule has 8 heteroatoms. The molecule has 1 unspecified atom stereocenters. The molecule has 0 bridgehead atoms. The number of hydroxylamine groups is 1. The van der Waals surface area contributed by atoms with Crippen molar-refractivity contribution < 1.29 is 33.1 Å². The summed E-state index contributed by atoms with van der Waals surface area (Å²) in [7, 11) is 2.20. The Labute approximate surface area is 155 Å². The average molecular weight is 375 g/mol. The molecule has 1 atom stereocenters. The number of esters is 2. The Kier molecular flexibility index (Phi) is 7.01. The van der Waals surface area contributed by atoms with E-state index in [1.165, 1.54) is 0 Å². The second kappa shape index (κ2) is 9.44. The zero-order valence-electron chi connectivity index (χ0n) is 14.7. The molecule has 0 saturated carbocycles. The molecule has 2 aromatic carbocycles. The number of carbonyl (C=O) groups excluding carboxylic acids is 3. The molecule has 0 heterocycles. The monoisotopic (exact) mass is 375 g/mol. The van der Waals surface area contributed by atoms with Gasteiger partial charge in [-0.3, -0.25) is 14.4 Å². The summed E-state index contributed by atoms with van der Waals surface area (Å²) in [4.78, 5) is 41.7. The first-order valence-corrected chi connectivity index (χ1v) is 7.89. The molecule has 27 heavy (non-hydrogen) atoms. The first-order valence-electron chi connectivity index (χ1n) is 7.89. The fraction of sp³-hybridized carbons (Fsp3) is 0.211. The van der Waals surface area contributed by atoms with E-state index in [0.29, 0.717) is 0 Å². The van der Waals surface area contributed by atoms with Gasteiger partial charge in [0.15, 0.2) is 5.92 Å². The number of halogens is 1. The van der Waals surface area contributed by atoms with Crippen LogP contribution < -0.4 is 5.48 Å². The minimum absolute atomic E-state index is 0.0593. The number of benzene rings is 2. The molecule has 0 aliphatic heterocycles. The zero-order valence-corrected chi connectivity index (χ0v) is 14.7. The molecule has 2 aromatic rings. The van der Waals surface area contributed by atoms with Gasteiger partial charge >= 0.3 is 11.9 Å². The lowest BCUT2D eigenvalue weighted by Crippen LogP contribution is -2.35. The highest BCUT2D eigenvalue weighted by Crippen LogP contribution is 2.24. The highest BCUT2D eigenvalue weighted by Gasteiger charge is 2.34. The Balaban J connectivity index is 2.23. The van der Waals surface area contributed by atoms with Gasteiger partial charge in [-0.05, 0) is 23.3 Å². The number of carbonyl (C=O) groups is 3. The van der Waals surface area contributed by atoms with Crippen molar-refractivity contribution in [2.45, 2.75) is 12.5 Å². The summed E-state index contributed by atoms with van der Waals surface area (Å²) in [5.41, 5.74) is 2.64. The molecule has 0 aromatic heterocycles. The molecule has 0 aliphatic carbocycles. The van der Waals surface area contributed by atoms with Crippen LogP contribution in [0.2, 0.25) is 0 Å². The van der Waals surface area contributed by atoms with E-state index in [4.69, 9.17) is 4.84 Å². The molecule has 0 radical (unpaired) electrons. The van der Waals surface area contributed by atoms with Crippen molar-refractivity contribution >= 4 is 17.8 Å². The van der Waals surface area contributed by atoms with E-state index in [1.54, 1.807) is 24.3 Å². The van der Waals surface area contributed by atoms with Gasteiger partial charge in [-0.15, -0.1) is 0 Å². The van der Waals surface area contributed by atoms with E-state index >= 15 is 0 Å². The van der Waals surface area contributed by atoms with Crippen LogP contribution in [-0.4, -0.2) is 32.1 Å². The second-order valence-electron chi connectivity index (χ2n) is 5.42. The Hall–Kier alpha value is -3.26. The van der Waals surface area contributed by atoms with Crippen LogP contribution in [0.3, 0.4) is 0 Å². The maximum Gasteiger partial charge on any atom is 0.338 e. The van der Waals surface area contributed by atoms with Crippen molar-refractivity contribution in [3.63, 3.8) is 0 Å². The molecular weight excluding hydrogens is 357 g/mol. The van der Waals surface area contributed by atoms with Crippen LogP contribution >= 0.6 is 0 Å². The van der Waals surface area contributed by atoms with E-state index in [-0.39, 0.29) is 17.7 Å². The summed E-state index contributed by atoms with van der Waals surface area (Å²) in [5, 5.41) is 0. The highest BCUT2D eigenvalue weighted by atomic mass is 19.1. The van der Waals surface area contributed by atoms with Gasteiger partial charge in [0.25, 0.3) is 5.91 Å². The van der Waals surface area contributed by atoms with Crippen molar-refractivity contribution in [3.05, 3.63) is 71.0 Å². The second-order valence-corrected chi connectivity index (χ2v) is 5.42. The summed E-state index contributed by atoms with van der Waals surface area (Å²) < 4.78 is 22.8. The Morgan fingerprint density at radius 2 is 1.74 bits per heavy atom. The first kappa shape index (κ1) is 20.1. The van der Waals surface area contributed by atoms with Crippen molar-refractivity contribution in [3.8, 4) is 0 Å². The van der Waals surface area contributed by atoms with Crippen molar-refractivity contribution in [2.75, 3.05) is 14.2 Å². The fourth-order valence-corrected chi connectivity index (χ4v) is 2.38. The third-order valence-corrected chi connectivity index (χ3v) is 3.69. The van der Waals surface area contributed by atoms with Crippen LogP contribution in [0, 0.1) is 5.82 Å². The normalized spacial score (nSPS) is 11.4. The van der Waals surface area contributed by atoms with Gasteiger partial charge in [-0.1, -0.05) is 36.4 Å². The fourth-order valence-electron chi connectivity index (χ4n) is 2.38. The van der Waals surface area contributed by atoms with Crippen LogP contribution in [0.4, 0.5) is 4.39 Å². The van der Waals surface area contributed by atoms with E-state index < -0.39 is 29.6 Å². The molecule has 1 amide bonds. The number of hydrogen-bond acceptors (Lipinski definition) is 6. The zero-order chi connectivity index (χ0) is 19.8. The number of ether oxygens (including phenoxy) is 2. The quantitative estimate of drug-likeness (QED) is 0.453. The van der Waals surface area contributed by atoms with E-state index in [0.717, 1.165) is 38.0 Å². The predicted molar refractivity (Wildman–Crippen MR) is 91.9 cm³/mol. The Bertz CT molecular complexity index is 824. The molecule has 0 saturated heterocycles. The van der Waals surface area contributed by atoms with Gasteiger partial charge < -0.3 is 9.47 Å². The average Bonchev–Trinajstić information content (AvgIpc) is 2.69. The standard InChI is InChI=1S/C19H18FNO6/c1-25-18(23)15-10-13(20)8-9-14(15)16(19(24)26-2)17(22)21-27-11-12-6-4-3-5-7-12/h3-10,16H,11H2,1-2H3,(H,21,22). The topological polar surface area (TPSA) is 90.9 Å². The van der Waals surface area contributed by atoms with Crippen LogP contribution in [0.1, 0.15) is 27.4 Å². The highest BCUT2D eigenvalue weighted by molar-refractivity contribution is 6.05. The Morgan fingerprint density at radius 3 is 2.37 bits per heavy atom. The molecule has 142 valence electrons. The van der Waals surface area contributed by atoms with E-state index in [2.05, 4.69) is 15.0 Å². The lowest BCUT2D eigenvalue weighted by molar-refractivity contribution is -0.150. The van der Waals surface area contributed by atoms with Crippen molar-refractivity contribution in [2.24, 2.45) is 0 Å². The molecule has 1 N–H and O–H groups in total. The smallest absolute Gasteiger partial charge is 0.338 e.